The zero-order chi connectivity index (χ0) is 15.7. The molecule has 1 unspecified atom stereocenters. The Morgan fingerprint density at radius 1 is 1.29 bits per heavy atom. The number of hydrogen-bond donors (Lipinski definition) is 2. The Hall–Kier alpha value is -0.950. The van der Waals surface area contributed by atoms with Crippen molar-refractivity contribution in [3.8, 4) is 0 Å². The second kappa shape index (κ2) is 6.04. The first kappa shape index (κ1) is 16.4. The number of likely N-dealkylation sites (N-methyl/N-ethyl adjacent to an activating group) is 1. The molecule has 0 aromatic heterocycles. The monoisotopic (exact) mass is 312 g/mol. The van der Waals surface area contributed by atoms with Crippen LogP contribution in [0.4, 0.5) is 0 Å². The molecule has 1 aliphatic rings. The molecule has 1 aromatic rings. The van der Waals surface area contributed by atoms with Gasteiger partial charge in [0.25, 0.3) is 0 Å². The fourth-order valence-corrected chi connectivity index (χ4v) is 4.06. The van der Waals surface area contributed by atoms with Gasteiger partial charge in [0, 0.05) is 19.6 Å². The molecule has 0 radical (unpaired) electrons. The lowest BCUT2D eigenvalue weighted by atomic mass is 10.0. The third kappa shape index (κ3) is 3.63. The lowest BCUT2D eigenvalue weighted by Crippen LogP contribution is -2.41. The van der Waals surface area contributed by atoms with Crippen LogP contribution in [0.25, 0.3) is 0 Å². The van der Waals surface area contributed by atoms with Crippen molar-refractivity contribution in [3.63, 3.8) is 0 Å². The highest BCUT2D eigenvalue weighted by Crippen LogP contribution is 2.31. The smallest absolute Gasteiger partial charge is 0.242 e. The molecule has 0 heterocycles. The van der Waals surface area contributed by atoms with E-state index < -0.39 is 15.6 Å². The average Bonchev–Trinajstić information content (AvgIpc) is 2.85. The molecule has 5 nitrogen and oxygen atoms in total. The van der Waals surface area contributed by atoms with Crippen LogP contribution in [-0.4, -0.2) is 37.0 Å². The van der Waals surface area contributed by atoms with Crippen LogP contribution in [0.5, 0.6) is 0 Å². The molecule has 1 fully saturated rings. The van der Waals surface area contributed by atoms with Crippen molar-refractivity contribution in [2.45, 2.75) is 49.1 Å². The lowest BCUT2D eigenvalue weighted by molar-refractivity contribution is 0.0333. The summed E-state index contributed by atoms with van der Waals surface area (Å²) in [4.78, 5) is 0.232. The van der Waals surface area contributed by atoms with E-state index in [4.69, 9.17) is 5.73 Å². The molecule has 0 bridgehead atoms. The van der Waals surface area contributed by atoms with Crippen LogP contribution in [0.1, 0.15) is 44.2 Å². The summed E-state index contributed by atoms with van der Waals surface area (Å²) >= 11 is 0. The Morgan fingerprint density at radius 2 is 1.81 bits per heavy atom. The number of nitrogens with two attached hydrogens (primary N) is 1. The van der Waals surface area contributed by atoms with Crippen molar-refractivity contribution in [1.82, 2.24) is 4.31 Å². The molecular formula is C15H24N2O3S. The highest BCUT2D eigenvalue weighted by Gasteiger charge is 2.35. The Kier molecular flexibility index (Phi) is 4.72. The summed E-state index contributed by atoms with van der Waals surface area (Å²) in [6.45, 7) is 2.00. The zero-order valence-corrected chi connectivity index (χ0v) is 13.4. The maximum atomic E-state index is 12.5. The van der Waals surface area contributed by atoms with Crippen LogP contribution in [0.3, 0.4) is 0 Å². The normalized spacial score (nSPS) is 19.9. The van der Waals surface area contributed by atoms with Gasteiger partial charge in [-0.2, -0.15) is 4.31 Å². The van der Waals surface area contributed by atoms with E-state index >= 15 is 0 Å². The molecule has 3 N–H and O–H groups in total. The van der Waals surface area contributed by atoms with E-state index in [9.17, 15) is 13.5 Å². The van der Waals surface area contributed by atoms with Crippen molar-refractivity contribution >= 4 is 10.0 Å². The largest absolute Gasteiger partial charge is 0.389 e. The zero-order valence-electron chi connectivity index (χ0n) is 12.6. The topological polar surface area (TPSA) is 83.6 Å². The first-order valence-electron chi connectivity index (χ1n) is 7.29. The quantitative estimate of drug-likeness (QED) is 0.865. The standard InChI is InChI=1S/C15H24N2O3S/c1-12(16)13-5-7-14(8-6-13)21(19,20)17(2)11-15(18)9-3-4-10-15/h5-8,12,18H,3-4,9-11,16H2,1-2H3. The second-order valence-electron chi connectivity index (χ2n) is 6.05. The summed E-state index contributed by atoms with van der Waals surface area (Å²) in [6.07, 6.45) is 3.23. The first-order chi connectivity index (χ1) is 9.74. The van der Waals surface area contributed by atoms with Gasteiger partial charge in [-0.3, -0.25) is 0 Å². The van der Waals surface area contributed by atoms with E-state index in [-0.39, 0.29) is 17.5 Å². The third-order valence-corrected chi connectivity index (χ3v) is 5.98. The van der Waals surface area contributed by atoms with Crippen LogP contribution in [0.2, 0.25) is 0 Å². The molecule has 118 valence electrons. The Morgan fingerprint density at radius 3 is 2.29 bits per heavy atom. The van der Waals surface area contributed by atoms with Gasteiger partial charge in [0.05, 0.1) is 10.5 Å². The molecule has 0 amide bonds. The molecule has 6 heteroatoms. The number of benzene rings is 1. The summed E-state index contributed by atoms with van der Waals surface area (Å²) < 4.78 is 26.3. The van der Waals surface area contributed by atoms with E-state index in [1.165, 1.54) is 11.4 Å². The van der Waals surface area contributed by atoms with Crippen molar-refractivity contribution < 1.29 is 13.5 Å². The van der Waals surface area contributed by atoms with Crippen molar-refractivity contribution in [2.24, 2.45) is 5.73 Å². The average molecular weight is 312 g/mol. The van der Waals surface area contributed by atoms with Crippen LogP contribution < -0.4 is 5.73 Å². The molecule has 0 saturated heterocycles. The highest BCUT2D eigenvalue weighted by atomic mass is 32.2. The predicted octanol–water partition coefficient (Wildman–Crippen LogP) is 1.63. The van der Waals surface area contributed by atoms with Gasteiger partial charge in [-0.05, 0) is 37.5 Å². The minimum Gasteiger partial charge on any atom is -0.389 e. The highest BCUT2D eigenvalue weighted by molar-refractivity contribution is 7.89. The maximum Gasteiger partial charge on any atom is 0.242 e. The van der Waals surface area contributed by atoms with E-state index in [2.05, 4.69) is 0 Å². The van der Waals surface area contributed by atoms with Gasteiger partial charge >= 0.3 is 0 Å². The number of nitrogens with zero attached hydrogens (tertiary/aromatic N) is 1. The number of hydrogen-bond acceptors (Lipinski definition) is 4. The first-order valence-corrected chi connectivity index (χ1v) is 8.73. The van der Waals surface area contributed by atoms with Gasteiger partial charge in [-0.25, -0.2) is 8.42 Å². The van der Waals surface area contributed by atoms with Crippen molar-refractivity contribution in [3.05, 3.63) is 29.8 Å². The summed E-state index contributed by atoms with van der Waals surface area (Å²) in [6, 6.07) is 6.48. The lowest BCUT2D eigenvalue weighted by Gasteiger charge is -2.28. The number of aliphatic hydroxyl groups is 1. The van der Waals surface area contributed by atoms with Crippen LogP contribution in [0.15, 0.2) is 29.2 Å². The van der Waals surface area contributed by atoms with E-state index in [1.807, 2.05) is 6.92 Å². The Balaban J connectivity index is 2.16. The Labute approximate surface area is 126 Å². The summed E-state index contributed by atoms with van der Waals surface area (Å²) in [7, 11) is -2.06. The third-order valence-electron chi connectivity index (χ3n) is 4.17. The fourth-order valence-electron chi connectivity index (χ4n) is 2.81. The summed E-state index contributed by atoms with van der Waals surface area (Å²) in [5.74, 6) is 0. The summed E-state index contributed by atoms with van der Waals surface area (Å²) in [5.41, 5.74) is 5.78. The van der Waals surface area contributed by atoms with Crippen LogP contribution in [0, 0.1) is 0 Å². The molecular weight excluding hydrogens is 288 g/mol. The summed E-state index contributed by atoms with van der Waals surface area (Å²) in [5, 5.41) is 10.4. The van der Waals surface area contributed by atoms with Gasteiger partial charge in [-0.15, -0.1) is 0 Å². The molecule has 0 spiro atoms. The van der Waals surface area contributed by atoms with Crippen molar-refractivity contribution in [2.75, 3.05) is 13.6 Å². The molecule has 21 heavy (non-hydrogen) atoms. The van der Waals surface area contributed by atoms with Gasteiger partial charge in [0.15, 0.2) is 0 Å². The van der Waals surface area contributed by atoms with E-state index in [0.717, 1.165) is 18.4 Å². The van der Waals surface area contributed by atoms with Gasteiger partial charge < -0.3 is 10.8 Å². The minimum atomic E-state index is -3.57. The van der Waals surface area contributed by atoms with E-state index in [1.54, 1.807) is 24.3 Å². The maximum absolute atomic E-state index is 12.5. The van der Waals surface area contributed by atoms with Gasteiger partial charge in [0.1, 0.15) is 0 Å². The number of sulfonamides is 1. The molecule has 0 aliphatic heterocycles. The predicted molar refractivity (Wildman–Crippen MR) is 82.3 cm³/mol. The minimum absolute atomic E-state index is 0.126. The van der Waals surface area contributed by atoms with E-state index in [0.29, 0.717) is 12.8 Å². The van der Waals surface area contributed by atoms with Crippen LogP contribution >= 0.6 is 0 Å². The van der Waals surface area contributed by atoms with Crippen LogP contribution in [-0.2, 0) is 10.0 Å². The Bertz CT molecular complexity index is 575. The molecule has 1 atom stereocenters. The molecule has 1 saturated carbocycles. The molecule has 2 rings (SSSR count). The van der Waals surface area contributed by atoms with Gasteiger partial charge in [-0.1, -0.05) is 25.0 Å². The fraction of sp³-hybridized carbons (Fsp3) is 0.600. The number of rotatable bonds is 5. The molecule has 1 aromatic carbocycles. The molecule has 1 aliphatic carbocycles. The second-order valence-corrected chi connectivity index (χ2v) is 8.10. The van der Waals surface area contributed by atoms with Gasteiger partial charge in [0.2, 0.25) is 10.0 Å². The SMILES string of the molecule is CC(N)c1ccc(S(=O)(=O)N(C)CC2(O)CCCC2)cc1. The van der Waals surface area contributed by atoms with Crippen molar-refractivity contribution in [1.29, 1.82) is 0 Å².